The van der Waals surface area contributed by atoms with Crippen LogP contribution in [0.4, 0.5) is 18.7 Å². The number of hydrogen-bond acceptors (Lipinski definition) is 11. The van der Waals surface area contributed by atoms with Crippen molar-refractivity contribution in [2.75, 3.05) is 31.6 Å². The Morgan fingerprint density at radius 1 is 1.12 bits per heavy atom. The third-order valence-corrected chi connectivity index (χ3v) is 12.4. The molecule has 1 aliphatic carbocycles. The van der Waals surface area contributed by atoms with Gasteiger partial charge in [0.05, 0.1) is 46.4 Å². The smallest absolute Gasteiger partial charge is 0.407 e. The van der Waals surface area contributed by atoms with Crippen molar-refractivity contribution in [2.45, 2.75) is 107 Å². The van der Waals surface area contributed by atoms with Gasteiger partial charge in [0.1, 0.15) is 17.7 Å². The maximum Gasteiger partial charge on any atom is 0.407 e. The number of anilines is 1. The Bertz CT molecular complexity index is 1820. The third-order valence-electron chi connectivity index (χ3n) is 9.64. The number of nitrogens with zero attached hydrogens (tertiary/aromatic N) is 2. The minimum absolute atomic E-state index is 0.0362. The molecule has 4 N–H and O–H groups in total. The third kappa shape index (κ3) is 9.20. The van der Waals surface area contributed by atoms with Gasteiger partial charge in [-0.3, -0.25) is 0 Å². The minimum Gasteiger partial charge on any atom is -0.443 e. The molecule has 3 aromatic rings. The number of aliphatic hydroxyl groups is 1. The van der Waals surface area contributed by atoms with E-state index in [0.717, 1.165) is 36.2 Å². The zero-order valence-electron chi connectivity index (χ0n) is 30.1. The molecule has 2 saturated heterocycles. The summed E-state index contributed by atoms with van der Waals surface area (Å²) in [6.07, 6.45) is -1.09. The zero-order chi connectivity index (χ0) is 37.4. The van der Waals surface area contributed by atoms with E-state index >= 15 is 0 Å². The second kappa shape index (κ2) is 15.8. The first-order chi connectivity index (χ1) is 24.6. The summed E-state index contributed by atoms with van der Waals surface area (Å²) >= 11 is 1.37. The lowest BCUT2D eigenvalue weighted by Gasteiger charge is -2.45. The molecule has 52 heavy (non-hydrogen) atoms. The van der Waals surface area contributed by atoms with E-state index in [0.29, 0.717) is 29.3 Å². The summed E-state index contributed by atoms with van der Waals surface area (Å²) in [5, 5.41) is 22.0. The van der Waals surface area contributed by atoms with Crippen LogP contribution in [0.15, 0.2) is 41.3 Å². The number of ether oxygens (including phenoxy) is 3. The van der Waals surface area contributed by atoms with Crippen LogP contribution in [0, 0.1) is 23.5 Å². The van der Waals surface area contributed by atoms with Crippen molar-refractivity contribution in [3.8, 4) is 0 Å². The number of sulfonamides is 1. The van der Waals surface area contributed by atoms with Gasteiger partial charge >= 0.3 is 6.09 Å². The lowest BCUT2D eigenvalue weighted by Crippen LogP contribution is -2.61. The highest BCUT2D eigenvalue weighted by atomic mass is 32.2. The first kappa shape index (κ1) is 38.7. The van der Waals surface area contributed by atoms with E-state index in [-0.39, 0.29) is 47.9 Å². The fourth-order valence-electron chi connectivity index (χ4n) is 7.20. The molecule has 6 atom stereocenters. The van der Waals surface area contributed by atoms with Gasteiger partial charge in [-0.1, -0.05) is 39.0 Å². The van der Waals surface area contributed by atoms with Crippen LogP contribution in [0.2, 0.25) is 0 Å². The maximum absolute atomic E-state index is 14.3. The topological polar surface area (TPSA) is 151 Å². The Kier molecular flexibility index (Phi) is 11.7. The number of benzene rings is 2. The molecule has 286 valence electrons. The first-order valence-electron chi connectivity index (χ1n) is 17.9. The molecule has 0 bridgehead atoms. The Balaban J connectivity index is 1.23. The summed E-state index contributed by atoms with van der Waals surface area (Å²) in [5.41, 5.74) is 0.372. The number of nitrogens with one attached hydrogen (secondary N) is 3. The summed E-state index contributed by atoms with van der Waals surface area (Å²) in [4.78, 5) is 18.2. The van der Waals surface area contributed by atoms with Crippen molar-refractivity contribution in [1.29, 1.82) is 0 Å². The normalized spacial score (nSPS) is 24.7. The molecule has 12 nitrogen and oxygen atoms in total. The van der Waals surface area contributed by atoms with Crippen molar-refractivity contribution >= 4 is 42.8 Å². The van der Waals surface area contributed by atoms with Gasteiger partial charge in [-0.25, -0.2) is 27.0 Å². The molecule has 6 rings (SSSR count). The molecule has 0 radical (unpaired) electrons. The highest BCUT2D eigenvalue weighted by Gasteiger charge is 2.53. The second-order valence-corrected chi connectivity index (χ2v) is 18.1. The Hall–Kier alpha value is -2.99. The Labute approximate surface area is 307 Å². The fourth-order valence-corrected chi connectivity index (χ4v) is 9.91. The van der Waals surface area contributed by atoms with Crippen molar-refractivity contribution in [1.82, 2.24) is 19.9 Å². The molecule has 3 fully saturated rings. The SMILES string of the molecule is CC(C)CN(C[C@@H](O)[C@H](Cc1cc(F)cc(F)c1)NC(=O)OC1COC2OCC[C@](C)(NC(C)C)C12)S(=O)(=O)c1ccc2nc(NC3CC3)sc2c1. The zero-order valence-corrected chi connectivity index (χ0v) is 31.7. The summed E-state index contributed by atoms with van der Waals surface area (Å²) < 4.78 is 76.4. The van der Waals surface area contributed by atoms with Crippen molar-refractivity contribution < 1.29 is 41.3 Å². The van der Waals surface area contributed by atoms with Gasteiger partial charge in [0, 0.05) is 36.8 Å². The predicted molar refractivity (Wildman–Crippen MR) is 194 cm³/mol. The van der Waals surface area contributed by atoms with Crippen molar-refractivity contribution in [3.63, 3.8) is 0 Å². The van der Waals surface area contributed by atoms with Gasteiger partial charge in [-0.05, 0) is 74.4 Å². The number of aliphatic hydroxyl groups excluding tert-OH is 1. The number of fused-ring (bicyclic) bond motifs is 2. The monoisotopic (exact) mass is 765 g/mol. The van der Waals surface area contributed by atoms with Gasteiger partial charge in [-0.2, -0.15) is 4.31 Å². The van der Waals surface area contributed by atoms with E-state index in [9.17, 15) is 27.1 Å². The number of rotatable bonds is 15. The van der Waals surface area contributed by atoms with E-state index in [1.54, 1.807) is 12.1 Å². The van der Waals surface area contributed by atoms with Crippen molar-refractivity contribution in [3.05, 3.63) is 53.6 Å². The molecule has 2 aromatic carbocycles. The number of halogens is 2. The standard InChI is InChI=1S/C36H49F2N5O7S2/c1-20(2)17-43(52(46,47)26-8-9-27-31(16-26)51-34(40-27)39-25-6-7-25)18-29(44)28(14-22-12-23(37)15-24(38)13-22)41-35(45)50-30-19-49-33-32(30)36(5,10-11-48-33)42-21(3)4/h8-9,12-13,15-16,20-21,25,28-30,32-33,42,44H,6-7,10-11,14,17-19H2,1-5H3,(H,39,40)(H,41,45)/t28-,29+,30?,32?,33?,36-/m0/s1. The Morgan fingerprint density at radius 3 is 2.52 bits per heavy atom. The van der Waals surface area contributed by atoms with E-state index < -0.39 is 64.4 Å². The molecule has 2 aliphatic heterocycles. The molecular formula is C36H49F2N5O7S2. The van der Waals surface area contributed by atoms with Crippen LogP contribution in [0.1, 0.15) is 59.4 Å². The van der Waals surface area contributed by atoms with Crippen LogP contribution in [0.25, 0.3) is 10.2 Å². The van der Waals surface area contributed by atoms with Crippen LogP contribution in [0.3, 0.4) is 0 Å². The fraction of sp³-hybridized carbons (Fsp3) is 0.611. The second-order valence-electron chi connectivity index (χ2n) is 15.1. The number of carbonyl (C=O) groups is 1. The summed E-state index contributed by atoms with van der Waals surface area (Å²) in [6.45, 7) is 10.0. The quantitative estimate of drug-likeness (QED) is 0.166. The van der Waals surface area contributed by atoms with Crippen LogP contribution in [-0.2, 0) is 30.7 Å². The van der Waals surface area contributed by atoms with Crippen molar-refractivity contribution in [2.24, 2.45) is 11.8 Å². The van der Waals surface area contributed by atoms with E-state index in [1.165, 1.54) is 21.7 Å². The van der Waals surface area contributed by atoms with Crippen LogP contribution in [0.5, 0.6) is 0 Å². The first-order valence-corrected chi connectivity index (χ1v) is 20.1. The number of amides is 1. The molecule has 0 spiro atoms. The predicted octanol–water partition coefficient (Wildman–Crippen LogP) is 5.01. The number of carbonyl (C=O) groups excluding carboxylic acids is 1. The summed E-state index contributed by atoms with van der Waals surface area (Å²) in [6, 6.07) is 7.01. The molecule has 16 heteroatoms. The van der Waals surface area contributed by atoms with Gasteiger partial charge in [0.2, 0.25) is 10.0 Å². The lowest BCUT2D eigenvalue weighted by molar-refractivity contribution is -0.177. The highest BCUT2D eigenvalue weighted by Crippen LogP contribution is 2.40. The number of thiazole rings is 1. The molecule has 1 aromatic heterocycles. The Morgan fingerprint density at radius 2 is 1.85 bits per heavy atom. The average Bonchev–Trinajstić information content (AvgIpc) is 3.61. The molecule has 1 amide bonds. The minimum atomic E-state index is -4.16. The van der Waals surface area contributed by atoms with E-state index in [2.05, 4.69) is 20.9 Å². The van der Waals surface area contributed by atoms with Crippen LogP contribution < -0.4 is 16.0 Å². The number of alkyl carbamates (subject to hydrolysis) is 1. The molecule has 3 heterocycles. The highest BCUT2D eigenvalue weighted by molar-refractivity contribution is 7.89. The van der Waals surface area contributed by atoms with Crippen LogP contribution in [-0.4, -0.2) is 97.4 Å². The van der Waals surface area contributed by atoms with Gasteiger partial charge in [0.15, 0.2) is 11.4 Å². The summed E-state index contributed by atoms with van der Waals surface area (Å²) in [7, 11) is -4.16. The van der Waals surface area contributed by atoms with Gasteiger partial charge in [0.25, 0.3) is 0 Å². The average molecular weight is 766 g/mol. The lowest BCUT2D eigenvalue weighted by atomic mass is 9.78. The molecule has 3 aliphatic rings. The molecular weight excluding hydrogens is 717 g/mol. The largest absolute Gasteiger partial charge is 0.443 e. The number of aromatic nitrogens is 1. The maximum atomic E-state index is 14.3. The van der Waals surface area contributed by atoms with E-state index in [1.807, 2.05) is 34.6 Å². The van der Waals surface area contributed by atoms with Gasteiger partial charge in [-0.15, -0.1) is 0 Å². The molecule has 1 saturated carbocycles. The van der Waals surface area contributed by atoms with Crippen LogP contribution >= 0.6 is 11.3 Å². The molecule has 3 unspecified atom stereocenters. The summed E-state index contributed by atoms with van der Waals surface area (Å²) in [5.74, 6) is -2.11. The number of hydrogen-bond donors (Lipinski definition) is 4. The van der Waals surface area contributed by atoms with Gasteiger partial charge < -0.3 is 35.3 Å². The van der Waals surface area contributed by atoms with E-state index in [4.69, 9.17) is 14.2 Å².